The van der Waals surface area contributed by atoms with Crippen molar-refractivity contribution in [3.8, 4) is 0 Å². The molecule has 0 aliphatic rings. The van der Waals surface area contributed by atoms with Crippen LogP contribution in [0.2, 0.25) is 0 Å². The van der Waals surface area contributed by atoms with Gasteiger partial charge in [0.25, 0.3) is 0 Å². The number of unbranched alkanes of at least 4 members (excludes halogenated alkanes) is 7. The van der Waals surface area contributed by atoms with Crippen LogP contribution < -0.4 is 0 Å². The summed E-state index contributed by atoms with van der Waals surface area (Å²) in [6.45, 7) is 15.2. The Morgan fingerprint density at radius 3 is 0.704 bits per heavy atom. The standard InChI is InChI=1S/C39H76O15/c1-3-5-7-8-9-11-13-39(41)54-37-35-52-33-31-50-29-27-48-25-23-46-21-19-44-17-15-42-14-16-43-18-20-45-22-24-47-26-28-49-30-32-51-34-36-53-38(40)12-10-6-4-2/h3-37H2,1-2H3. The molecule has 322 valence electrons. The molecule has 0 saturated carbocycles. The van der Waals surface area contributed by atoms with Gasteiger partial charge in [-0.2, -0.15) is 0 Å². The lowest BCUT2D eigenvalue weighted by molar-refractivity contribution is -0.146. The maximum atomic E-state index is 11.7. The van der Waals surface area contributed by atoms with Crippen LogP contribution in [-0.4, -0.2) is 171 Å². The van der Waals surface area contributed by atoms with Crippen molar-refractivity contribution in [3.05, 3.63) is 0 Å². The van der Waals surface area contributed by atoms with Gasteiger partial charge in [0.2, 0.25) is 0 Å². The monoisotopic (exact) mass is 785 g/mol. The molecule has 0 N–H and O–H groups in total. The summed E-state index contributed by atoms with van der Waals surface area (Å²) in [5.74, 6) is -0.309. The molecule has 0 aliphatic carbocycles. The van der Waals surface area contributed by atoms with Crippen molar-refractivity contribution in [2.45, 2.75) is 84.5 Å². The Morgan fingerprint density at radius 1 is 0.259 bits per heavy atom. The van der Waals surface area contributed by atoms with Gasteiger partial charge in [0.1, 0.15) is 13.2 Å². The summed E-state index contributed by atoms with van der Waals surface area (Å²) in [5.41, 5.74) is 0. The molecule has 0 fully saturated rings. The normalized spacial score (nSPS) is 11.4. The average molecular weight is 785 g/mol. The number of rotatable bonds is 47. The Morgan fingerprint density at radius 2 is 0.444 bits per heavy atom. The van der Waals surface area contributed by atoms with E-state index in [-0.39, 0.29) is 25.2 Å². The van der Waals surface area contributed by atoms with Crippen LogP contribution in [0.5, 0.6) is 0 Å². The van der Waals surface area contributed by atoms with Gasteiger partial charge < -0.3 is 61.6 Å². The topological polar surface area (TPSA) is 154 Å². The molecule has 15 nitrogen and oxygen atoms in total. The Labute approximate surface area is 325 Å². The van der Waals surface area contributed by atoms with Crippen LogP contribution >= 0.6 is 0 Å². The highest BCUT2D eigenvalue weighted by Gasteiger charge is 2.04. The first kappa shape index (κ1) is 52.5. The van der Waals surface area contributed by atoms with Gasteiger partial charge in [-0.25, -0.2) is 0 Å². The lowest BCUT2D eigenvalue weighted by Crippen LogP contribution is -2.16. The average Bonchev–Trinajstić information content (AvgIpc) is 3.17. The Balaban J connectivity index is 3.11. The van der Waals surface area contributed by atoms with Crippen LogP contribution in [0.3, 0.4) is 0 Å². The summed E-state index contributed by atoms with van der Waals surface area (Å²) in [6, 6.07) is 0. The third kappa shape index (κ3) is 46.7. The highest BCUT2D eigenvalue weighted by atomic mass is 16.6. The molecule has 0 heterocycles. The van der Waals surface area contributed by atoms with E-state index >= 15 is 0 Å². The van der Waals surface area contributed by atoms with E-state index in [9.17, 15) is 9.59 Å². The first-order chi connectivity index (χ1) is 26.7. The number of carbonyl (C=O) groups excluding carboxylic acids is 2. The fourth-order valence-electron chi connectivity index (χ4n) is 4.44. The summed E-state index contributed by atoms with van der Waals surface area (Å²) >= 11 is 0. The zero-order valence-electron chi connectivity index (χ0n) is 33.9. The number of carbonyl (C=O) groups is 2. The Kier molecular flexibility index (Phi) is 46.3. The molecule has 0 rings (SSSR count). The minimum absolute atomic E-state index is 0.147. The van der Waals surface area contributed by atoms with Crippen molar-refractivity contribution >= 4 is 11.9 Å². The second kappa shape index (κ2) is 47.7. The second-order valence-electron chi connectivity index (χ2n) is 12.2. The second-order valence-corrected chi connectivity index (χ2v) is 12.2. The third-order valence-electron chi connectivity index (χ3n) is 7.42. The highest BCUT2D eigenvalue weighted by Crippen LogP contribution is 2.07. The van der Waals surface area contributed by atoms with Crippen LogP contribution in [-0.2, 0) is 71.2 Å². The number of hydrogen-bond donors (Lipinski definition) is 0. The van der Waals surface area contributed by atoms with Gasteiger partial charge >= 0.3 is 11.9 Å². The number of esters is 2. The minimum Gasteiger partial charge on any atom is -0.463 e. The van der Waals surface area contributed by atoms with E-state index in [4.69, 9.17) is 61.6 Å². The summed E-state index contributed by atoms with van der Waals surface area (Å²) < 4.78 is 70.4. The molecular weight excluding hydrogens is 708 g/mol. The summed E-state index contributed by atoms with van der Waals surface area (Å²) in [5, 5.41) is 0. The van der Waals surface area contributed by atoms with E-state index in [1.165, 1.54) is 25.7 Å². The molecule has 0 unspecified atom stereocenters. The van der Waals surface area contributed by atoms with E-state index in [1.807, 2.05) is 0 Å². The molecule has 0 radical (unpaired) electrons. The maximum absolute atomic E-state index is 11.7. The fourth-order valence-corrected chi connectivity index (χ4v) is 4.44. The molecule has 15 heteroatoms. The quantitative estimate of drug-likeness (QED) is 0.0624. The van der Waals surface area contributed by atoms with Crippen LogP contribution in [0.25, 0.3) is 0 Å². The van der Waals surface area contributed by atoms with Gasteiger partial charge in [-0.3, -0.25) is 9.59 Å². The van der Waals surface area contributed by atoms with E-state index < -0.39 is 0 Å². The zero-order chi connectivity index (χ0) is 39.1. The SMILES string of the molecule is CCCCCCCCC(=O)OCCOCCOCCOCCOCCOCCOCCOCCOCCOCCOCCOCCOC(=O)CCCCC. The fraction of sp³-hybridized carbons (Fsp3) is 0.949. The predicted octanol–water partition coefficient (Wildman–Crippen LogP) is 4.59. The van der Waals surface area contributed by atoms with Crippen molar-refractivity contribution in [1.82, 2.24) is 0 Å². The van der Waals surface area contributed by atoms with Crippen LogP contribution in [0.15, 0.2) is 0 Å². The zero-order valence-corrected chi connectivity index (χ0v) is 33.9. The Bertz CT molecular complexity index is 747. The van der Waals surface area contributed by atoms with Crippen molar-refractivity contribution in [1.29, 1.82) is 0 Å². The van der Waals surface area contributed by atoms with Gasteiger partial charge in [0.05, 0.1) is 145 Å². The Hall–Kier alpha value is -1.50. The lowest BCUT2D eigenvalue weighted by Gasteiger charge is -2.09. The van der Waals surface area contributed by atoms with Crippen molar-refractivity contribution in [2.75, 3.05) is 159 Å². The van der Waals surface area contributed by atoms with E-state index in [2.05, 4.69) is 13.8 Å². The number of hydrogen-bond acceptors (Lipinski definition) is 15. The molecule has 0 aliphatic heterocycles. The molecule has 0 spiro atoms. The van der Waals surface area contributed by atoms with Gasteiger partial charge in [-0.05, 0) is 12.8 Å². The van der Waals surface area contributed by atoms with Crippen molar-refractivity contribution in [3.63, 3.8) is 0 Å². The van der Waals surface area contributed by atoms with Crippen molar-refractivity contribution in [2.24, 2.45) is 0 Å². The molecule has 0 aromatic rings. The van der Waals surface area contributed by atoms with Crippen LogP contribution in [0.1, 0.15) is 84.5 Å². The largest absolute Gasteiger partial charge is 0.463 e. The molecule has 0 atom stereocenters. The van der Waals surface area contributed by atoms with Gasteiger partial charge in [0.15, 0.2) is 0 Å². The number of ether oxygens (including phenoxy) is 13. The van der Waals surface area contributed by atoms with Gasteiger partial charge in [-0.1, -0.05) is 58.8 Å². The van der Waals surface area contributed by atoms with Crippen molar-refractivity contribution < 1.29 is 71.2 Å². The van der Waals surface area contributed by atoms with E-state index in [0.717, 1.165) is 32.1 Å². The minimum atomic E-state index is -0.162. The van der Waals surface area contributed by atoms with Crippen LogP contribution in [0, 0.1) is 0 Å². The molecule has 0 aromatic carbocycles. The predicted molar refractivity (Wildman–Crippen MR) is 203 cm³/mol. The molecular formula is C39H76O15. The first-order valence-electron chi connectivity index (χ1n) is 20.4. The molecule has 0 saturated heterocycles. The first-order valence-corrected chi connectivity index (χ1v) is 20.4. The summed E-state index contributed by atoms with van der Waals surface area (Å²) in [7, 11) is 0. The smallest absolute Gasteiger partial charge is 0.305 e. The molecule has 54 heavy (non-hydrogen) atoms. The van der Waals surface area contributed by atoms with Crippen LogP contribution in [0.4, 0.5) is 0 Å². The lowest BCUT2D eigenvalue weighted by atomic mass is 10.1. The van der Waals surface area contributed by atoms with Gasteiger partial charge in [0, 0.05) is 12.8 Å². The molecule has 0 bridgehead atoms. The molecule has 0 amide bonds. The summed E-state index contributed by atoms with van der Waals surface area (Å²) in [4.78, 5) is 23.2. The maximum Gasteiger partial charge on any atom is 0.305 e. The van der Waals surface area contributed by atoms with E-state index in [1.54, 1.807) is 0 Å². The highest BCUT2D eigenvalue weighted by molar-refractivity contribution is 5.69. The third-order valence-corrected chi connectivity index (χ3v) is 7.42. The molecule has 0 aromatic heterocycles. The summed E-state index contributed by atoms with van der Waals surface area (Å²) in [6.07, 6.45) is 10.9. The van der Waals surface area contributed by atoms with E-state index in [0.29, 0.717) is 158 Å². The van der Waals surface area contributed by atoms with Gasteiger partial charge in [-0.15, -0.1) is 0 Å².